The fraction of sp³-hybridized carbons (Fsp3) is 0.636. The average molecular weight is 369 g/mol. The molecule has 0 radical (unpaired) electrons. The van der Waals surface area contributed by atoms with Gasteiger partial charge in [-0.15, -0.1) is 0 Å². The average Bonchev–Trinajstić information content (AvgIpc) is 3.11. The number of anilines is 1. The molecule has 2 fully saturated rings. The van der Waals surface area contributed by atoms with Crippen LogP contribution in [-0.2, 0) is 4.79 Å². The third kappa shape index (κ3) is 3.83. The van der Waals surface area contributed by atoms with Crippen LogP contribution in [0.4, 0.5) is 5.69 Å². The summed E-state index contributed by atoms with van der Waals surface area (Å²) >= 11 is 0. The highest BCUT2D eigenvalue weighted by molar-refractivity contribution is 5.98. The maximum atomic E-state index is 11.9. The number of carbonyl (C=O) groups excluding carboxylic acids is 1. The zero-order valence-electron chi connectivity index (χ0n) is 16.7. The van der Waals surface area contributed by atoms with Crippen molar-refractivity contribution >= 4 is 17.6 Å². The number of amides is 1. The summed E-state index contributed by atoms with van der Waals surface area (Å²) in [5.41, 5.74) is 2.67. The number of carbonyl (C=O) groups is 1. The van der Waals surface area contributed by atoms with Gasteiger partial charge in [-0.05, 0) is 43.2 Å². The number of guanidine groups is 1. The quantitative estimate of drug-likeness (QED) is 0.619. The third-order valence-corrected chi connectivity index (χ3v) is 6.35. The molecule has 3 atom stereocenters. The molecule has 2 aliphatic heterocycles. The molecule has 146 valence electrons. The Morgan fingerprint density at radius 1 is 1.30 bits per heavy atom. The molecule has 5 nitrogen and oxygen atoms in total. The minimum Gasteiger partial charge on any atom is -0.353 e. The van der Waals surface area contributed by atoms with Gasteiger partial charge in [0.15, 0.2) is 5.96 Å². The summed E-state index contributed by atoms with van der Waals surface area (Å²) in [7, 11) is 1.89. The Labute approximate surface area is 162 Å². The Balaban J connectivity index is 1.43. The maximum absolute atomic E-state index is 11.9. The van der Waals surface area contributed by atoms with Crippen LogP contribution in [0.2, 0.25) is 0 Å². The van der Waals surface area contributed by atoms with Gasteiger partial charge in [-0.2, -0.15) is 0 Å². The second kappa shape index (κ2) is 7.91. The lowest BCUT2D eigenvalue weighted by atomic mass is 9.98. The lowest BCUT2D eigenvalue weighted by Gasteiger charge is -2.23. The summed E-state index contributed by atoms with van der Waals surface area (Å²) < 4.78 is 0. The molecule has 5 heteroatoms. The number of nitrogens with one attached hydrogen (secondary N) is 1. The first-order valence-corrected chi connectivity index (χ1v) is 10.6. The first-order valence-electron chi connectivity index (χ1n) is 10.6. The standard InChI is InChI=1S/C22H32N4O/c1-3-7-16-14-19(16)24-22(23-2)26-15-17(18-8-4-5-9-20(18)26)11-13-25-12-6-10-21(25)27/h4-5,8-9,16-17,19H,3,6-7,10-15H2,1-2H3,(H,23,24). The Kier molecular flexibility index (Phi) is 5.37. The van der Waals surface area contributed by atoms with Gasteiger partial charge in [0.1, 0.15) is 0 Å². The fourth-order valence-corrected chi connectivity index (χ4v) is 4.74. The zero-order chi connectivity index (χ0) is 18.8. The lowest BCUT2D eigenvalue weighted by Crippen LogP contribution is -2.42. The summed E-state index contributed by atoms with van der Waals surface area (Å²) in [6.45, 7) is 5.02. The molecule has 1 aliphatic carbocycles. The molecule has 27 heavy (non-hydrogen) atoms. The Morgan fingerprint density at radius 3 is 2.89 bits per heavy atom. The van der Waals surface area contributed by atoms with Gasteiger partial charge in [0.25, 0.3) is 0 Å². The van der Waals surface area contributed by atoms with Gasteiger partial charge in [-0.25, -0.2) is 0 Å². The van der Waals surface area contributed by atoms with Crippen molar-refractivity contribution in [2.45, 2.75) is 57.4 Å². The van der Waals surface area contributed by atoms with Gasteiger partial charge in [-0.1, -0.05) is 31.5 Å². The number of benzene rings is 1. The highest BCUT2D eigenvalue weighted by Crippen LogP contribution is 2.39. The SMILES string of the molecule is CCCC1CC1NC(=NC)N1CC(CCN2CCCC2=O)c2ccccc21. The topological polar surface area (TPSA) is 47.9 Å². The van der Waals surface area contributed by atoms with Crippen LogP contribution in [0.3, 0.4) is 0 Å². The molecular formula is C22H32N4O. The lowest BCUT2D eigenvalue weighted by molar-refractivity contribution is -0.127. The molecule has 0 spiro atoms. The fourth-order valence-electron chi connectivity index (χ4n) is 4.74. The number of fused-ring (bicyclic) bond motifs is 1. The Bertz CT molecular complexity index is 716. The highest BCUT2D eigenvalue weighted by atomic mass is 16.2. The van der Waals surface area contributed by atoms with Gasteiger partial charge < -0.3 is 15.1 Å². The number of hydrogen-bond acceptors (Lipinski definition) is 2. The normalized spacial score (nSPS) is 27.3. The number of hydrogen-bond donors (Lipinski definition) is 1. The summed E-state index contributed by atoms with van der Waals surface area (Å²) in [6, 6.07) is 9.28. The third-order valence-electron chi connectivity index (χ3n) is 6.35. The predicted octanol–water partition coefficient (Wildman–Crippen LogP) is 3.37. The van der Waals surface area contributed by atoms with Crippen LogP contribution >= 0.6 is 0 Å². The van der Waals surface area contributed by atoms with Crippen LogP contribution in [0, 0.1) is 5.92 Å². The molecule has 0 bridgehead atoms. The van der Waals surface area contributed by atoms with Gasteiger partial charge >= 0.3 is 0 Å². The van der Waals surface area contributed by atoms with Crippen LogP contribution in [0.5, 0.6) is 0 Å². The van der Waals surface area contributed by atoms with E-state index in [1.807, 2.05) is 11.9 Å². The zero-order valence-corrected chi connectivity index (χ0v) is 16.7. The van der Waals surface area contributed by atoms with Crippen LogP contribution in [0.15, 0.2) is 29.3 Å². The van der Waals surface area contributed by atoms with E-state index < -0.39 is 0 Å². The van der Waals surface area contributed by atoms with Gasteiger partial charge in [0.05, 0.1) is 0 Å². The molecule has 1 aromatic carbocycles. The molecule has 3 aliphatic rings. The van der Waals surface area contributed by atoms with E-state index in [0.717, 1.165) is 50.8 Å². The molecule has 4 rings (SSSR count). The number of aliphatic imine (C=N–C) groups is 1. The molecule has 1 saturated carbocycles. The number of nitrogens with zero attached hydrogens (tertiary/aromatic N) is 3. The first kappa shape index (κ1) is 18.3. The van der Waals surface area contributed by atoms with E-state index in [-0.39, 0.29) is 0 Å². The van der Waals surface area contributed by atoms with Gasteiger partial charge in [0.2, 0.25) is 5.91 Å². The number of para-hydroxylation sites is 1. The van der Waals surface area contributed by atoms with Gasteiger partial charge in [-0.3, -0.25) is 9.79 Å². The summed E-state index contributed by atoms with van der Waals surface area (Å²) in [6.07, 6.45) is 6.59. The molecule has 2 heterocycles. The highest BCUT2D eigenvalue weighted by Gasteiger charge is 2.39. The summed E-state index contributed by atoms with van der Waals surface area (Å²) in [5.74, 6) is 2.59. The van der Waals surface area contributed by atoms with Crippen LogP contribution in [0.25, 0.3) is 0 Å². The van der Waals surface area contributed by atoms with Crippen molar-refractivity contribution in [2.75, 3.05) is 31.6 Å². The Hall–Kier alpha value is -2.04. The van der Waals surface area contributed by atoms with Crippen molar-refractivity contribution in [3.8, 4) is 0 Å². The van der Waals surface area contributed by atoms with Crippen molar-refractivity contribution in [3.63, 3.8) is 0 Å². The molecule has 1 N–H and O–H groups in total. The first-order chi connectivity index (χ1) is 13.2. The van der Waals surface area contributed by atoms with Crippen molar-refractivity contribution in [2.24, 2.45) is 10.9 Å². The number of likely N-dealkylation sites (tertiary alicyclic amines) is 1. The monoisotopic (exact) mass is 368 g/mol. The van der Waals surface area contributed by atoms with E-state index >= 15 is 0 Å². The van der Waals surface area contributed by atoms with E-state index in [1.54, 1.807) is 0 Å². The van der Waals surface area contributed by atoms with Crippen molar-refractivity contribution < 1.29 is 4.79 Å². The molecular weight excluding hydrogens is 336 g/mol. The number of rotatable bonds is 6. The van der Waals surface area contributed by atoms with E-state index in [4.69, 9.17) is 0 Å². The van der Waals surface area contributed by atoms with Crippen LogP contribution in [-0.4, -0.2) is 49.5 Å². The summed E-state index contributed by atoms with van der Waals surface area (Å²) in [5, 5.41) is 3.69. The van der Waals surface area contributed by atoms with Crippen molar-refractivity contribution in [1.29, 1.82) is 0 Å². The smallest absolute Gasteiger partial charge is 0.222 e. The molecule has 0 aromatic heterocycles. The minimum atomic E-state index is 0.325. The molecule has 1 aromatic rings. The molecule has 3 unspecified atom stereocenters. The minimum absolute atomic E-state index is 0.325. The van der Waals surface area contributed by atoms with Crippen molar-refractivity contribution in [1.82, 2.24) is 10.2 Å². The van der Waals surface area contributed by atoms with E-state index in [0.29, 0.717) is 17.9 Å². The predicted molar refractivity (Wildman–Crippen MR) is 110 cm³/mol. The second-order valence-corrected chi connectivity index (χ2v) is 8.22. The van der Waals surface area contributed by atoms with Crippen LogP contribution in [0.1, 0.15) is 56.9 Å². The molecule has 1 amide bonds. The maximum Gasteiger partial charge on any atom is 0.222 e. The van der Waals surface area contributed by atoms with E-state index in [9.17, 15) is 4.79 Å². The Morgan fingerprint density at radius 2 is 2.15 bits per heavy atom. The van der Waals surface area contributed by atoms with Gasteiger partial charge in [0, 0.05) is 50.7 Å². The van der Waals surface area contributed by atoms with Crippen LogP contribution < -0.4 is 10.2 Å². The largest absolute Gasteiger partial charge is 0.353 e. The summed E-state index contributed by atoms with van der Waals surface area (Å²) in [4.78, 5) is 20.9. The van der Waals surface area contributed by atoms with Crippen molar-refractivity contribution in [3.05, 3.63) is 29.8 Å². The second-order valence-electron chi connectivity index (χ2n) is 8.22. The van der Waals surface area contributed by atoms with E-state index in [2.05, 4.69) is 46.4 Å². The van der Waals surface area contributed by atoms with E-state index in [1.165, 1.54) is 30.5 Å². The molecule has 1 saturated heterocycles.